The Bertz CT molecular complexity index is 3120. The van der Waals surface area contributed by atoms with Crippen LogP contribution in [0.2, 0.25) is 0 Å². The normalized spacial score (nSPS) is 13.2. The number of hydrogen-bond acceptors (Lipinski definition) is 2. The second kappa shape index (κ2) is 17.0. The lowest BCUT2D eigenvalue weighted by atomic mass is 9.73. The second-order valence-electron chi connectivity index (χ2n) is 17.2. The molecule has 1 heterocycles. The van der Waals surface area contributed by atoms with Gasteiger partial charge < -0.3 is 9.80 Å². The maximum atomic E-state index is 2.46. The lowest BCUT2D eigenvalue weighted by Crippen LogP contribution is -2.23. The van der Waals surface area contributed by atoms with Crippen LogP contribution >= 0.6 is 0 Å². The molecule has 65 heavy (non-hydrogen) atoms. The van der Waals surface area contributed by atoms with Crippen molar-refractivity contribution >= 4 is 58.4 Å². The molecule has 0 unspecified atom stereocenters. The van der Waals surface area contributed by atoms with Crippen molar-refractivity contribution in [2.45, 2.75) is 32.1 Å². The van der Waals surface area contributed by atoms with Crippen molar-refractivity contribution in [1.82, 2.24) is 0 Å². The van der Waals surface area contributed by atoms with E-state index in [0.29, 0.717) is 0 Å². The number of nitrogens with zero attached hydrogens (tertiary/aromatic N) is 2. The molecular weight excluding hydrogens is 785 g/mol. The topological polar surface area (TPSA) is 6.48 Å². The van der Waals surface area contributed by atoms with Gasteiger partial charge in [-0.05, 0) is 135 Å². The highest BCUT2D eigenvalue weighted by molar-refractivity contribution is 5.98. The Labute approximate surface area is 383 Å². The van der Waals surface area contributed by atoms with E-state index in [4.69, 9.17) is 0 Å². The van der Waals surface area contributed by atoms with Crippen molar-refractivity contribution in [1.29, 1.82) is 0 Å². The molecule has 1 aliphatic carbocycles. The van der Waals surface area contributed by atoms with E-state index in [1.165, 1.54) is 66.9 Å². The first kappa shape index (κ1) is 39.9. The first-order valence-corrected chi connectivity index (χ1v) is 23.0. The van der Waals surface area contributed by atoms with E-state index in [1.807, 2.05) is 0 Å². The number of benzene rings is 9. The molecule has 9 aromatic carbocycles. The molecule has 2 nitrogen and oxygen atoms in total. The number of rotatable bonds is 10. The van der Waals surface area contributed by atoms with E-state index in [9.17, 15) is 0 Å². The average molecular weight is 835 g/mol. The molecule has 9 aromatic rings. The molecule has 0 fully saturated rings. The minimum absolute atomic E-state index is 0.0817. The number of fused-ring (bicyclic) bond motifs is 5. The van der Waals surface area contributed by atoms with Crippen LogP contribution in [-0.4, -0.2) is 0 Å². The second-order valence-corrected chi connectivity index (χ2v) is 17.2. The molecule has 0 spiro atoms. The molecule has 0 atom stereocenters. The third-order valence-corrected chi connectivity index (χ3v) is 13.7. The van der Waals surface area contributed by atoms with Gasteiger partial charge >= 0.3 is 0 Å². The summed E-state index contributed by atoms with van der Waals surface area (Å²) in [4.78, 5) is 4.81. The van der Waals surface area contributed by atoms with E-state index < -0.39 is 0 Å². The van der Waals surface area contributed by atoms with Gasteiger partial charge in [0.15, 0.2) is 0 Å². The van der Waals surface area contributed by atoms with E-state index in [-0.39, 0.29) is 5.41 Å². The van der Waals surface area contributed by atoms with Crippen LogP contribution in [0.4, 0.5) is 34.1 Å². The maximum Gasteiger partial charge on any atom is 0.0540 e. The number of hydrogen-bond donors (Lipinski definition) is 0. The SMILES string of the molecule is CCC1(CC)c2cc(/C=C/c3ccc(-c4cc(-c5ccccc5)ccc4N4c5ccccc5C=Cc5ccccc54)cc3)ccc2-c2ccc(N(c3ccccc3)c3ccccc3)cc21. The molecule has 11 rings (SSSR count). The Balaban J connectivity index is 0.936. The molecule has 0 saturated heterocycles. The summed E-state index contributed by atoms with van der Waals surface area (Å²) in [5, 5.41) is 0. The first-order chi connectivity index (χ1) is 32.1. The average Bonchev–Trinajstić information content (AvgIpc) is 3.53. The van der Waals surface area contributed by atoms with Gasteiger partial charge in [-0.15, -0.1) is 0 Å². The van der Waals surface area contributed by atoms with Crippen LogP contribution in [0.25, 0.3) is 57.7 Å². The Morgan fingerprint density at radius 1 is 0.385 bits per heavy atom. The van der Waals surface area contributed by atoms with Gasteiger partial charge in [0.2, 0.25) is 0 Å². The van der Waals surface area contributed by atoms with Crippen LogP contribution in [-0.2, 0) is 5.41 Å². The van der Waals surface area contributed by atoms with Crippen molar-refractivity contribution in [3.63, 3.8) is 0 Å². The van der Waals surface area contributed by atoms with Crippen LogP contribution in [0.5, 0.6) is 0 Å². The predicted molar refractivity (Wildman–Crippen MR) is 278 cm³/mol. The highest BCUT2D eigenvalue weighted by Gasteiger charge is 2.41. The summed E-state index contributed by atoms with van der Waals surface area (Å²) in [7, 11) is 0. The zero-order valence-corrected chi connectivity index (χ0v) is 36.9. The van der Waals surface area contributed by atoms with Crippen molar-refractivity contribution in [2.75, 3.05) is 9.80 Å². The summed E-state index contributed by atoms with van der Waals surface area (Å²) < 4.78 is 0. The van der Waals surface area contributed by atoms with Crippen LogP contribution in [0.3, 0.4) is 0 Å². The molecule has 0 amide bonds. The molecule has 1 aliphatic heterocycles. The van der Waals surface area contributed by atoms with E-state index in [1.54, 1.807) is 0 Å². The third-order valence-electron chi connectivity index (χ3n) is 13.7. The highest BCUT2D eigenvalue weighted by atomic mass is 15.2. The molecule has 312 valence electrons. The van der Waals surface area contributed by atoms with Gasteiger partial charge in [-0.25, -0.2) is 0 Å². The van der Waals surface area contributed by atoms with Gasteiger partial charge in [0.25, 0.3) is 0 Å². The molecule has 0 saturated carbocycles. The van der Waals surface area contributed by atoms with Gasteiger partial charge in [-0.2, -0.15) is 0 Å². The van der Waals surface area contributed by atoms with E-state index >= 15 is 0 Å². The summed E-state index contributed by atoms with van der Waals surface area (Å²) in [6.45, 7) is 4.71. The van der Waals surface area contributed by atoms with Crippen molar-refractivity contribution in [3.8, 4) is 33.4 Å². The smallest absolute Gasteiger partial charge is 0.0540 e. The van der Waals surface area contributed by atoms with Gasteiger partial charge in [0.1, 0.15) is 0 Å². The molecule has 0 aromatic heterocycles. The molecule has 0 radical (unpaired) electrons. The summed E-state index contributed by atoms with van der Waals surface area (Å²) >= 11 is 0. The number of anilines is 6. The predicted octanol–water partition coefficient (Wildman–Crippen LogP) is 17.7. The Hall–Kier alpha value is -7.94. The van der Waals surface area contributed by atoms with Crippen LogP contribution in [0, 0.1) is 0 Å². The van der Waals surface area contributed by atoms with Gasteiger partial charge in [0, 0.05) is 28.0 Å². The van der Waals surface area contributed by atoms with Crippen molar-refractivity contribution in [2.24, 2.45) is 0 Å². The molecule has 2 aliphatic rings. The quantitative estimate of drug-likeness (QED) is 0.127. The largest absolute Gasteiger partial charge is 0.310 e. The minimum Gasteiger partial charge on any atom is -0.310 e. The first-order valence-electron chi connectivity index (χ1n) is 23.0. The van der Waals surface area contributed by atoms with Crippen LogP contribution < -0.4 is 9.80 Å². The van der Waals surface area contributed by atoms with E-state index in [2.05, 4.69) is 266 Å². The zero-order valence-electron chi connectivity index (χ0n) is 36.9. The molecule has 0 bridgehead atoms. The highest BCUT2D eigenvalue weighted by Crippen LogP contribution is 2.55. The summed E-state index contributed by atoms with van der Waals surface area (Å²) in [5.74, 6) is 0. The lowest BCUT2D eigenvalue weighted by molar-refractivity contribution is 0.490. The fraction of sp³-hybridized carbons (Fsp3) is 0.0794. The molecular formula is C63H50N2. The van der Waals surface area contributed by atoms with Crippen LogP contribution in [0.15, 0.2) is 218 Å². The van der Waals surface area contributed by atoms with Crippen LogP contribution in [0.1, 0.15) is 60.1 Å². The summed E-state index contributed by atoms with van der Waals surface area (Å²) in [5.41, 5.74) is 21.9. The fourth-order valence-electron chi connectivity index (χ4n) is 10.3. The Morgan fingerprint density at radius 2 is 0.892 bits per heavy atom. The lowest BCUT2D eigenvalue weighted by Gasteiger charge is -2.32. The monoisotopic (exact) mass is 834 g/mol. The minimum atomic E-state index is -0.0817. The number of para-hydroxylation sites is 4. The summed E-state index contributed by atoms with van der Waals surface area (Å²) in [6, 6.07) is 79.7. The van der Waals surface area contributed by atoms with Gasteiger partial charge in [0.05, 0.1) is 17.1 Å². The zero-order chi connectivity index (χ0) is 43.7. The fourth-order valence-corrected chi connectivity index (χ4v) is 10.3. The standard InChI is InChI=1S/C63H50N2/c1-3-63(4-2)58-42-46(32-39-55(58)56-40-38-54(44-59(56)63)64(52-22-10-6-11-23-52)53-24-12-7-13-25-53)29-28-45-30-33-48(34-31-45)57-43-51(47-18-8-5-9-19-47)37-41-62(57)65-60-26-16-14-20-49(60)35-36-50-21-15-17-27-61(50)65/h5-44H,3-4H2,1-2H3/b29-28+. The summed E-state index contributed by atoms with van der Waals surface area (Å²) in [6.07, 6.45) is 11.1. The molecule has 2 heteroatoms. The maximum absolute atomic E-state index is 2.46. The van der Waals surface area contributed by atoms with Gasteiger partial charge in [-0.3, -0.25) is 0 Å². The van der Waals surface area contributed by atoms with E-state index in [0.717, 1.165) is 46.8 Å². The van der Waals surface area contributed by atoms with Crippen molar-refractivity contribution < 1.29 is 0 Å². The third kappa shape index (κ3) is 7.18. The Morgan fingerprint density at radius 3 is 1.51 bits per heavy atom. The molecule has 0 N–H and O–H groups in total. The van der Waals surface area contributed by atoms with Crippen molar-refractivity contribution in [3.05, 3.63) is 252 Å². The van der Waals surface area contributed by atoms with Gasteiger partial charge in [-0.1, -0.05) is 196 Å². The Kier molecular flexibility index (Phi) is 10.4.